The van der Waals surface area contributed by atoms with E-state index in [0.717, 1.165) is 61.6 Å². The predicted octanol–water partition coefficient (Wildman–Crippen LogP) is 8.34. The van der Waals surface area contributed by atoms with Gasteiger partial charge in [0.1, 0.15) is 5.52 Å². The Morgan fingerprint density at radius 2 is 1.20 bits per heavy atom. The maximum absolute atomic E-state index is 9.06. The van der Waals surface area contributed by atoms with Crippen molar-refractivity contribution in [3.05, 3.63) is 138 Å². The average Bonchev–Trinajstić information content (AvgIpc) is 4.48. The highest BCUT2D eigenvalue weighted by molar-refractivity contribution is 7.19. The van der Waals surface area contributed by atoms with Gasteiger partial charge in [0.25, 0.3) is 0 Å². The van der Waals surface area contributed by atoms with Gasteiger partial charge in [0.2, 0.25) is 16.9 Å². The van der Waals surface area contributed by atoms with Crippen LogP contribution in [0.2, 0.25) is 0 Å². The van der Waals surface area contributed by atoms with E-state index >= 15 is 0 Å². The zero-order valence-electron chi connectivity index (χ0n) is 45.3. The fourth-order valence-corrected chi connectivity index (χ4v) is 11.3. The molecule has 15 aromatic heterocycles. The molecule has 412 valence electrons. The molecular weight excluding hydrogens is 1080 g/mol. The van der Waals surface area contributed by atoms with Crippen molar-refractivity contribution in [3.8, 4) is 33.8 Å². The number of aliphatic hydroxyl groups excluding tert-OH is 1. The Bertz CT molecular complexity index is 4620. The molecule has 0 aliphatic carbocycles. The number of H-pyrrole nitrogens is 1. The fourth-order valence-electron chi connectivity index (χ4n) is 9.24. The van der Waals surface area contributed by atoms with Crippen molar-refractivity contribution in [1.82, 2.24) is 123 Å². The number of pyridine rings is 1. The molecule has 0 spiro atoms. The minimum atomic E-state index is -0.0495. The van der Waals surface area contributed by atoms with Crippen molar-refractivity contribution in [1.29, 1.82) is 0 Å². The third kappa shape index (κ3) is 10.2. The second-order valence-corrected chi connectivity index (χ2v) is 22.3. The normalized spacial score (nSPS) is 12.3. The Hall–Kier alpha value is -9.80. The molecular formula is C54H53N25OS2. The van der Waals surface area contributed by atoms with Crippen LogP contribution in [0.5, 0.6) is 0 Å². The Morgan fingerprint density at radius 1 is 0.598 bits per heavy atom. The number of hydrogen-bond acceptors (Lipinski definition) is 19. The Balaban J connectivity index is 0.000000116. The quantitative estimate of drug-likeness (QED) is 0.103. The van der Waals surface area contributed by atoms with E-state index in [1.165, 1.54) is 14.3 Å². The summed E-state index contributed by atoms with van der Waals surface area (Å²) in [5.41, 5.74) is 12.9. The standard InChI is InChI=1S/C19H18N8O.C18H19N9S.C17H16N8S/c1-13(14-4-6-25-5-2-3-16(25)9-14)27-19-18(23-24-27)20-11-17(22-19)15-10-21-26(12-15)7-8-28;1-4-25-10-16-14(23-25)5-13(28-16)9-27-18-17(22-24-27)19-7-15(21-18)12-6-20-26(8-12)11(2)3;1-10(2)24-8-11(6-20-24)14-7-19-16-17(21-14)25(23-22-16)9-12-5-13-15(26-12)3-4-18-13/h2-6,9-13,28H,7-8H2,1H3;5-8,10-11H,4,9H2,1-3H3;3-8,10,18H,9H2,1-2H3/t13-;;/m1../s1. The minimum Gasteiger partial charge on any atom is -0.394 e. The number of thiophene rings is 2. The van der Waals surface area contributed by atoms with Gasteiger partial charge in [-0.2, -0.15) is 20.4 Å². The Morgan fingerprint density at radius 3 is 1.80 bits per heavy atom. The number of aryl methyl sites for hydroxylation is 1. The Labute approximate surface area is 473 Å². The van der Waals surface area contributed by atoms with E-state index in [4.69, 9.17) is 20.1 Å². The summed E-state index contributed by atoms with van der Waals surface area (Å²) in [6, 6.07) is 15.2. The van der Waals surface area contributed by atoms with Gasteiger partial charge in [0.05, 0.1) is 101 Å². The summed E-state index contributed by atoms with van der Waals surface area (Å²) in [4.78, 5) is 33.0. The first kappa shape index (κ1) is 51.6. The number of nitrogens with zero attached hydrogens (tertiary/aromatic N) is 24. The second-order valence-electron chi connectivity index (χ2n) is 19.9. The van der Waals surface area contributed by atoms with Crippen LogP contribution in [0, 0.1) is 0 Å². The third-order valence-corrected chi connectivity index (χ3v) is 15.8. The SMILES string of the molecule is CC(C)n1cc(-c2cnc3nnn(Cc4cc5[nH]ccc5s4)c3n2)cn1.CCn1cc2sc(Cn3nnc4ncc(-c5cnn(C(C)C)c5)nc43)cc2n1.C[C@H](c1ccn2cccc2c1)n1nnc2ncc(-c3cnn(CCO)c3)nc21. The molecule has 0 radical (unpaired) electrons. The van der Waals surface area contributed by atoms with Crippen molar-refractivity contribution in [2.45, 2.75) is 85.8 Å². The van der Waals surface area contributed by atoms with E-state index in [9.17, 15) is 0 Å². The van der Waals surface area contributed by atoms with Crippen LogP contribution in [-0.4, -0.2) is 135 Å². The van der Waals surface area contributed by atoms with Gasteiger partial charge in [-0.15, -0.1) is 38.0 Å². The molecule has 0 aliphatic rings. The van der Waals surface area contributed by atoms with Gasteiger partial charge in [0, 0.05) is 94.0 Å². The average molecular weight is 1130 g/mol. The van der Waals surface area contributed by atoms with Crippen LogP contribution in [0.15, 0.2) is 123 Å². The molecule has 15 aromatic rings. The van der Waals surface area contributed by atoms with Crippen LogP contribution >= 0.6 is 22.7 Å². The molecule has 28 heteroatoms. The molecule has 15 heterocycles. The molecule has 15 rings (SSSR count). The number of aromatic nitrogens is 25. The van der Waals surface area contributed by atoms with Crippen LogP contribution in [-0.2, 0) is 26.2 Å². The summed E-state index contributed by atoms with van der Waals surface area (Å²) in [6.07, 6.45) is 24.3. The number of fused-ring (bicyclic) bond motifs is 6. The van der Waals surface area contributed by atoms with E-state index in [-0.39, 0.29) is 12.6 Å². The van der Waals surface area contributed by atoms with Crippen LogP contribution in [0.1, 0.15) is 75.0 Å². The molecule has 0 amide bonds. The van der Waals surface area contributed by atoms with Crippen molar-refractivity contribution < 1.29 is 5.11 Å². The smallest absolute Gasteiger partial charge is 0.221 e. The van der Waals surface area contributed by atoms with Gasteiger partial charge in [0.15, 0.2) is 16.9 Å². The lowest BCUT2D eigenvalue weighted by atomic mass is 10.1. The van der Waals surface area contributed by atoms with Crippen molar-refractivity contribution in [2.24, 2.45) is 0 Å². The maximum Gasteiger partial charge on any atom is 0.221 e. The predicted molar refractivity (Wildman–Crippen MR) is 310 cm³/mol. The molecule has 82 heavy (non-hydrogen) atoms. The molecule has 0 bridgehead atoms. The van der Waals surface area contributed by atoms with Crippen LogP contribution in [0.25, 0.3) is 93.6 Å². The molecule has 26 nitrogen and oxygen atoms in total. The monoisotopic (exact) mass is 1130 g/mol. The highest BCUT2D eigenvalue weighted by Gasteiger charge is 2.19. The van der Waals surface area contributed by atoms with Gasteiger partial charge >= 0.3 is 0 Å². The lowest BCUT2D eigenvalue weighted by molar-refractivity contribution is 0.269. The molecule has 2 N–H and O–H groups in total. The summed E-state index contributed by atoms with van der Waals surface area (Å²) < 4.78 is 17.3. The van der Waals surface area contributed by atoms with Gasteiger partial charge in [-0.25, -0.2) is 43.9 Å². The molecule has 0 aliphatic heterocycles. The second kappa shape index (κ2) is 21.7. The van der Waals surface area contributed by atoms with Crippen LogP contribution < -0.4 is 0 Å². The van der Waals surface area contributed by atoms with Crippen LogP contribution in [0.4, 0.5) is 0 Å². The number of hydrogen-bond donors (Lipinski definition) is 2. The number of aliphatic hydroxyl groups is 1. The maximum atomic E-state index is 9.06. The lowest BCUT2D eigenvalue weighted by Gasteiger charge is -2.13. The summed E-state index contributed by atoms with van der Waals surface area (Å²) in [5, 5.41) is 51.8. The summed E-state index contributed by atoms with van der Waals surface area (Å²) in [7, 11) is 0. The van der Waals surface area contributed by atoms with E-state index in [1.54, 1.807) is 66.2 Å². The first-order valence-electron chi connectivity index (χ1n) is 26.5. The van der Waals surface area contributed by atoms with E-state index in [0.29, 0.717) is 71.3 Å². The van der Waals surface area contributed by atoms with Gasteiger partial charge < -0.3 is 14.5 Å². The molecule has 0 fully saturated rings. The lowest BCUT2D eigenvalue weighted by Crippen LogP contribution is -2.10. The number of nitrogens with one attached hydrogen (secondary N) is 1. The molecule has 0 saturated carbocycles. The minimum absolute atomic E-state index is 0.0338. The summed E-state index contributed by atoms with van der Waals surface area (Å²) in [6.45, 7) is 15.1. The summed E-state index contributed by atoms with van der Waals surface area (Å²) >= 11 is 3.45. The van der Waals surface area contributed by atoms with Crippen LogP contribution in [0.3, 0.4) is 0 Å². The van der Waals surface area contributed by atoms with Gasteiger partial charge in [-0.1, -0.05) is 15.6 Å². The van der Waals surface area contributed by atoms with Crippen molar-refractivity contribution >= 4 is 82.5 Å². The van der Waals surface area contributed by atoms with E-state index < -0.39 is 0 Å². The highest BCUT2D eigenvalue weighted by Crippen LogP contribution is 2.29. The van der Waals surface area contributed by atoms with Gasteiger partial charge in [-0.3, -0.25) is 18.7 Å². The summed E-state index contributed by atoms with van der Waals surface area (Å²) in [5.74, 6) is 0. The number of aromatic amines is 1. The molecule has 0 aromatic carbocycles. The third-order valence-electron chi connectivity index (χ3n) is 13.7. The fraction of sp³-hybridized carbons (Fsp3) is 0.259. The van der Waals surface area contributed by atoms with Crippen molar-refractivity contribution in [2.75, 3.05) is 6.61 Å². The first-order valence-corrected chi connectivity index (χ1v) is 28.2. The van der Waals surface area contributed by atoms with Gasteiger partial charge in [-0.05, 0) is 89.6 Å². The Kier molecular flexibility index (Phi) is 13.7. The first-order chi connectivity index (χ1) is 40.0. The molecule has 1 atom stereocenters. The molecule has 0 saturated heterocycles. The highest BCUT2D eigenvalue weighted by atomic mass is 32.1. The van der Waals surface area contributed by atoms with Crippen molar-refractivity contribution in [3.63, 3.8) is 0 Å². The number of rotatable bonds is 14. The van der Waals surface area contributed by atoms with E-state index in [1.807, 2.05) is 69.7 Å². The largest absolute Gasteiger partial charge is 0.394 e. The molecule has 0 unspecified atom stereocenters. The van der Waals surface area contributed by atoms with E-state index in [2.05, 4.69) is 160 Å². The topological polar surface area (TPSA) is 281 Å². The zero-order valence-corrected chi connectivity index (χ0v) is 46.9. The zero-order chi connectivity index (χ0) is 56.0.